The van der Waals surface area contributed by atoms with Crippen molar-refractivity contribution in [2.75, 3.05) is 13.2 Å². The normalized spacial score (nSPS) is 19.0. The van der Waals surface area contributed by atoms with Gasteiger partial charge >= 0.3 is 0 Å². The van der Waals surface area contributed by atoms with Crippen LogP contribution in [-0.2, 0) is 0 Å². The predicted molar refractivity (Wildman–Crippen MR) is 82.3 cm³/mol. The van der Waals surface area contributed by atoms with E-state index in [4.69, 9.17) is 4.74 Å². The zero-order valence-electron chi connectivity index (χ0n) is 12.9. The Hall–Kier alpha value is -1.06. The van der Waals surface area contributed by atoms with Gasteiger partial charge in [0.1, 0.15) is 18.5 Å². The molecule has 0 heterocycles. The van der Waals surface area contributed by atoms with Crippen LogP contribution in [0.15, 0.2) is 18.2 Å². The lowest BCUT2D eigenvalue weighted by Crippen LogP contribution is -2.44. The van der Waals surface area contributed by atoms with Crippen LogP contribution in [0, 0.1) is 13.8 Å². The minimum atomic E-state index is -0.465. The fourth-order valence-electron chi connectivity index (χ4n) is 2.80. The van der Waals surface area contributed by atoms with E-state index in [0.29, 0.717) is 13.2 Å². The van der Waals surface area contributed by atoms with Gasteiger partial charge in [0.25, 0.3) is 0 Å². The summed E-state index contributed by atoms with van der Waals surface area (Å²) in [4.78, 5) is 0. The van der Waals surface area contributed by atoms with Gasteiger partial charge in [0.05, 0.1) is 0 Å². The Morgan fingerprint density at radius 1 is 1.30 bits per heavy atom. The second-order valence-corrected chi connectivity index (χ2v) is 6.38. The molecule has 3 heteroatoms. The molecule has 0 amide bonds. The van der Waals surface area contributed by atoms with Crippen LogP contribution in [-0.4, -0.2) is 29.9 Å². The predicted octanol–water partition coefficient (Wildman–Crippen LogP) is 2.97. The molecule has 112 valence electrons. The molecule has 1 unspecified atom stereocenters. The average Bonchev–Trinajstić information content (AvgIpc) is 2.85. The number of aliphatic hydroxyl groups excluding tert-OH is 1. The highest BCUT2D eigenvalue weighted by atomic mass is 16.5. The second-order valence-electron chi connectivity index (χ2n) is 6.38. The van der Waals surface area contributed by atoms with E-state index in [1.807, 2.05) is 19.9 Å². The summed E-state index contributed by atoms with van der Waals surface area (Å²) in [5, 5.41) is 13.5. The number of benzene rings is 1. The van der Waals surface area contributed by atoms with Gasteiger partial charge in [0.2, 0.25) is 0 Å². The van der Waals surface area contributed by atoms with Crippen molar-refractivity contribution in [3.8, 4) is 5.75 Å². The lowest BCUT2D eigenvalue weighted by atomic mass is 10.0. The highest BCUT2D eigenvalue weighted by molar-refractivity contribution is 5.35. The van der Waals surface area contributed by atoms with E-state index >= 15 is 0 Å². The number of hydrogen-bond donors (Lipinski definition) is 2. The van der Waals surface area contributed by atoms with Crippen LogP contribution in [0.4, 0.5) is 0 Å². The standard InChI is InChI=1S/C17H27NO2/c1-13-6-7-14(2)16(10-13)20-12-15(19)11-18-17(3)8-4-5-9-17/h6-7,10,15,18-19H,4-5,8-9,11-12H2,1-3H3. The van der Waals surface area contributed by atoms with Crippen LogP contribution >= 0.6 is 0 Å². The van der Waals surface area contributed by atoms with Crippen molar-refractivity contribution in [1.82, 2.24) is 5.32 Å². The molecule has 0 aromatic heterocycles. The minimum absolute atomic E-state index is 0.209. The van der Waals surface area contributed by atoms with Crippen LogP contribution in [0.3, 0.4) is 0 Å². The lowest BCUT2D eigenvalue weighted by molar-refractivity contribution is 0.0976. The van der Waals surface area contributed by atoms with Crippen LogP contribution in [0.2, 0.25) is 0 Å². The molecule has 0 saturated heterocycles. The van der Waals surface area contributed by atoms with Gasteiger partial charge in [-0.05, 0) is 50.8 Å². The molecule has 1 aliphatic rings. The summed E-state index contributed by atoms with van der Waals surface area (Å²) in [6.45, 7) is 7.26. The molecule has 1 aromatic carbocycles. The fourth-order valence-corrected chi connectivity index (χ4v) is 2.80. The molecule has 1 saturated carbocycles. The van der Waals surface area contributed by atoms with Crippen molar-refractivity contribution in [3.63, 3.8) is 0 Å². The summed E-state index contributed by atoms with van der Waals surface area (Å²) in [7, 11) is 0. The fraction of sp³-hybridized carbons (Fsp3) is 0.647. The molecule has 1 fully saturated rings. The van der Waals surface area contributed by atoms with E-state index in [-0.39, 0.29) is 5.54 Å². The molecule has 0 spiro atoms. The van der Waals surface area contributed by atoms with E-state index in [1.54, 1.807) is 0 Å². The van der Waals surface area contributed by atoms with E-state index in [9.17, 15) is 5.11 Å². The molecule has 0 radical (unpaired) electrons. The number of aryl methyl sites for hydroxylation is 2. The largest absolute Gasteiger partial charge is 0.491 e. The van der Waals surface area contributed by atoms with Crippen molar-refractivity contribution in [2.24, 2.45) is 0 Å². The van der Waals surface area contributed by atoms with Crippen molar-refractivity contribution < 1.29 is 9.84 Å². The monoisotopic (exact) mass is 277 g/mol. The zero-order chi connectivity index (χ0) is 14.6. The number of aliphatic hydroxyl groups is 1. The van der Waals surface area contributed by atoms with Gasteiger partial charge in [-0.2, -0.15) is 0 Å². The van der Waals surface area contributed by atoms with Crippen LogP contribution in [0.1, 0.15) is 43.7 Å². The molecule has 1 aromatic rings. The second kappa shape index (κ2) is 6.59. The number of ether oxygens (including phenoxy) is 1. The highest BCUT2D eigenvalue weighted by Gasteiger charge is 2.28. The Bertz CT molecular complexity index is 439. The van der Waals surface area contributed by atoms with Gasteiger partial charge in [-0.15, -0.1) is 0 Å². The summed E-state index contributed by atoms with van der Waals surface area (Å²) in [6.07, 6.45) is 4.53. The van der Waals surface area contributed by atoms with Gasteiger partial charge in [0, 0.05) is 12.1 Å². The van der Waals surface area contributed by atoms with E-state index in [2.05, 4.69) is 24.4 Å². The first-order chi connectivity index (χ1) is 9.48. The summed E-state index contributed by atoms with van der Waals surface area (Å²) >= 11 is 0. The van der Waals surface area contributed by atoms with Crippen LogP contribution in [0.25, 0.3) is 0 Å². The molecular formula is C17H27NO2. The number of hydrogen-bond acceptors (Lipinski definition) is 3. The lowest BCUT2D eigenvalue weighted by Gasteiger charge is -2.27. The molecule has 1 aliphatic carbocycles. The Labute approximate surface area is 122 Å². The van der Waals surface area contributed by atoms with Gasteiger partial charge in [0.15, 0.2) is 0 Å². The van der Waals surface area contributed by atoms with Gasteiger partial charge in [-0.3, -0.25) is 0 Å². The summed E-state index contributed by atoms with van der Waals surface area (Å²) < 4.78 is 5.74. The van der Waals surface area contributed by atoms with E-state index < -0.39 is 6.10 Å². The van der Waals surface area contributed by atoms with Crippen LogP contribution < -0.4 is 10.1 Å². The number of nitrogens with one attached hydrogen (secondary N) is 1. The van der Waals surface area contributed by atoms with Gasteiger partial charge in [-0.1, -0.05) is 25.0 Å². The van der Waals surface area contributed by atoms with E-state index in [0.717, 1.165) is 11.3 Å². The third-order valence-electron chi connectivity index (χ3n) is 4.25. The van der Waals surface area contributed by atoms with Gasteiger partial charge in [-0.25, -0.2) is 0 Å². The molecule has 0 bridgehead atoms. The quantitative estimate of drug-likeness (QED) is 0.840. The maximum atomic E-state index is 10.1. The van der Waals surface area contributed by atoms with Crippen molar-refractivity contribution >= 4 is 0 Å². The third-order valence-corrected chi connectivity index (χ3v) is 4.25. The first-order valence-corrected chi connectivity index (χ1v) is 7.62. The Morgan fingerprint density at radius 2 is 2.00 bits per heavy atom. The Balaban J connectivity index is 1.77. The maximum absolute atomic E-state index is 10.1. The molecule has 2 N–H and O–H groups in total. The SMILES string of the molecule is Cc1ccc(C)c(OCC(O)CNC2(C)CCCC2)c1. The number of β-amino-alcohol motifs (C(OH)–C–C–N with tert-alkyl or cyclic N) is 1. The molecule has 2 rings (SSSR count). The summed E-state index contributed by atoms with van der Waals surface area (Å²) in [5.74, 6) is 0.871. The maximum Gasteiger partial charge on any atom is 0.122 e. The number of rotatable bonds is 6. The Morgan fingerprint density at radius 3 is 2.70 bits per heavy atom. The molecule has 20 heavy (non-hydrogen) atoms. The first kappa shape index (κ1) is 15.3. The molecule has 3 nitrogen and oxygen atoms in total. The van der Waals surface area contributed by atoms with Gasteiger partial charge < -0.3 is 15.2 Å². The van der Waals surface area contributed by atoms with E-state index in [1.165, 1.54) is 31.2 Å². The van der Waals surface area contributed by atoms with Crippen molar-refractivity contribution in [1.29, 1.82) is 0 Å². The van der Waals surface area contributed by atoms with Crippen molar-refractivity contribution in [3.05, 3.63) is 29.3 Å². The molecular weight excluding hydrogens is 250 g/mol. The first-order valence-electron chi connectivity index (χ1n) is 7.62. The summed E-state index contributed by atoms with van der Waals surface area (Å²) in [5.41, 5.74) is 2.50. The zero-order valence-corrected chi connectivity index (χ0v) is 12.9. The highest BCUT2D eigenvalue weighted by Crippen LogP contribution is 2.28. The molecule has 0 aliphatic heterocycles. The summed E-state index contributed by atoms with van der Waals surface area (Å²) in [6, 6.07) is 6.14. The third kappa shape index (κ3) is 4.22. The van der Waals surface area contributed by atoms with Crippen LogP contribution in [0.5, 0.6) is 5.75 Å². The Kier molecular flexibility index (Phi) is 5.06. The van der Waals surface area contributed by atoms with Crippen molar-refractivity contribution in [2.45, 2.75) is 58.1 Å². The smallest absolute Gasteiger partial charge is 0.122 e. The minimum Gasteiger partial charge on any atom is -0.491 e. The molecule has 1 atom stereocenters. The topological polar surface area (TPSA) is 41.5 Å². The average molecular weight is 277 g/mol.